The molecule has 1 heterocycles. The Balaban J connectivity index is 2.08. The van der Waals surface area contributed by atoms with E-state index >= 15 is 0 Å². The third-order valence-corrected chi connectivity index (χ3v) is 3.80. The number of benzene rings is 1. The molecule has 1 fully saturated rings. The van der Waals surface area contributed by atoms with Gasteiger partial charge in [0.25, 0.3) is 0 Å². The fourth-order valence-electron chi connectivity index (χ4n) is 2.56. The van der Waals surface area contributed by atoms with Crippen molar-refractivity contribution < 1.29 is 0 Å². The van der Waals surface area contributed by atoms with Crippen LogP contribution in [0.5, 0.6) is 0 Å². The quantitative estimate of drug-likeness (QED) is 0.886. The molecule has 3 heteroatoms. The van der Waals surface area contributed by atoms with Crippen LogP contribution < -0.4 is 5.32 Å². The Labute approximate surface area is 109 Å². The second kappa shape index (κ2) is 5.85. The van der Waals surface area contributed by atoms with Crippen LogP contribution in [-0.2, 0) is 0 Å². The second-order valence-corrected chi connectivity index (χ2v) is 5.50. The van der Waals surface area contributed by atoms with Gasteiger partial charge in [-0.05, 0) is 57.6 Å². The van der Waals surface area contributed by atoms with Crippen molar-refractivity contribution in [2.45, 2.75) is 31.3 Å². The van der Waals surface area contributed by atoms with E-state index in [0.29, 0.717) is 12.1 Å². The molecule has 0 radical (unpaired) electrons. The van der Waals surface area contributed by atoms with Gasteiger partial charge in [-0.2, -0.15) is 0 Å². The third kappa shape index (κ3) is 3.44. The molecule has 1 aliphatic rings. The number of rotatable bonds is 4. The first-order chi connectivity index (χ1) is 8.16. The summed E-state index contributed by atoms with van der Waals surface area (Å²) in [6.07, 6.45) is 3.79. The molecule has 0 aliphatic carbocycles. The fourth-order valence-corrected chi connectivity index (χ4v) is 2.68. The molecular weight excluding hydrogens is 232 g/mol. The summed E-state index contributed by atoms with van der Waals surface area (Å²) >= 11 is 5.94. The molecule has 94 valence electrons. The molecule has 1 saturated heterocycles. The molecule has 1 aromatic carbocycles. The van der Waals surface area contributed by atoms with Crippen molar-refractivity contribution in [2.24, 2.45) is 0 Å². The molecule has 2 rings (SSSR count). The van der Waals surface area contributed by atoms with Crippen LogP contribution in [0.2, 0.25) is 5.02 Å². The van der Waals surface area contributed by atoms with Crippen molar-refractivity contribution in [3.8, 4) is 0 Å². The normalized spacial score (nSPS) is 22.0. The van der Waals surface area contributed by atoms with E-state index in [4.69, 9.17) is 11.6 Å². The first-order valence-electron chi connectivity index (χ1n) is 6.32. The summed E-state index contributed by atoms with van der Waals surface area (Å²) in [5.41, 5.74) is 1.35. The molecule has 0 saturated carbocycles. The lowest BCUT2D eigenvalue weighted by atomic mass is 9.97. The minimum atomic E-state index is 0.475. The monoisotopic (exact) mass is 252 g/mol. The lowest BCUT2D eigenvalue weighted by Crippen LogP contribution is -2.29. The second-order valence-electron chi connectivity index (χ2n) is 5.06. The van der Waals surface area contributed by atoms with Crippen molar-refractivity contribution >= 4 is 11.6 Å². The molecule has 0 amide bonds. The smallest absolute Gasteiger partial charge is 0.0406 e. The molecule has 0 spiro atoms. The molecule has 1 aromatic rings. The van der Waals surface area contributed by atoms with Crippen LogP contribution in [0.25, 0.3) is 0 Å². The zero-order valence-electron chi connectivity index (χ0n) is 10.6. The summed E-state index contributed by atoms with van der Waals surface area (Å²) in [4.78, 5) is 2.29. The molecular formula is C14H21ClN2. The fraction of sp³-hybridized carbons (Fsp3) is 0.571. The van der Waals surface area contributed by atoms with E-state index in [-0.39, 0.29) is 0 Å². The number of hydrogen-bond acceptors (Lipinski definition) is 2. The summed E-state index contributed by atoms with van der Waals surface area (Å²) < 4.78 is 0. The van der Waals surface area contributed by atoms with Gasteiger partial charge in [-0.3, -0.25) is 0 Å². The summed E-state index contributed by atoms with van der Waals surface area (Å²) in [7, 11) is 4.29. The van der Waals surface area contributed by atoms with Crippen LogP contribution in [0.15, 0.2) is 24.3 Å². The highest BCUT2D eigenvalue weighted by Gasteiger charge is 2.22. The molecule has 2 nitrogen and oxygen atoms in total. The van der Waals surface area contributed by atoms with E-state index in [1.165, 1.54) is 31.4 Å². The van der Waals surface area contributed by atoms with Gasteiger partial charge in [-0.15, -0.1) is 0 Å². The highest BCUT2D eigenvalue weighted by atomic mass is 35.5. The van der Waals surface area contributed by atoms with E-state index in [0.717, 1.165) is 5.02 Å². The Morgan fingerprint density at radius 2 is 2.06 bits per heavy atom. The highest BCUT2D eigenvalue weighted by molar-refractivity contribution is 6.30. The average Bonchev–Trinajstić information content (AvgIpc) is 2.80. The molecule has 0 bridgehead atoms. The van der Waals surface area contributed by atoms with Gasteiger partial charge in [0.2, 0.25) is 0 Å². The van der Waals surface area contributed by atoms with Crippen LogP contribution in [0.4, 0.5) is 0 Å². The van der Waals surface area contributed by atoms with Gasteiger partial charge >= 0.3 is 0 Å². The predicted octanol–water partition coefficient (Wildman–Crippen LogP) is 3.08. The Bertz CT molecular complexity index is 342. The molecule has 17 heavy (non-hydrogen) atoms. The van der Waals surface area contributed by atoms with Crippen molar-refractivity contribution in [3.63, 3.8) is 0 Å². The summed E-state index contributed by atoms with van der Waals surface area (Å²) in [6.45, 7) is 1.17. The van der Waals surface area contributed by atoms with Gasteiger partial charge in [0.1, 0.15) is 0 Å². The zero-order chi connectivity index (χ0) is 12.3. The number of halogens is 1. The summed E-state index contributed by atoms with van der Waals surface area (Å²) in [6, 6.07) is 9.38. The van der Waals surface area contributed by atoms with E-state index in [2.05, 4.69) is 36.4 Å². The highest BCUT2D eigenvalue weighted by Crippen LogP contribution is 2.27. The number of hydrogen-bond donors (Lipinski definition) is 1. The predicted molar refractivity (Wildman–Crippen MR) is 73.5 cm³/mol. The molecule has 2 unspecified atom stereocenters. The minimum absolute atomic E-state index is 0.475. The Kier molecular flexibility index (Phi) is 4.43. The van der Waals surface area contributed by atoms with E-state index < -0.39 is 0 Å². The topological polar surface area (TPSA) is 15.3 Å². The van der Waals surface area contributed by atoms with Gasteiger partial charge in [-0.1, -0.05) is 23.7 Å². The largest absolute Gasteiger partial charge is 0.314 e. The molecule has 0 aromatic heterocycles. The van der Waals surface area contributed by atoms with Crippen molar-refractivity contribution in [3.05, 3.63) is 34.9 Å². The van der Waals surface area contributed by atoms with E-state index in [1.54, 1.807) is 0 Å². The van der Waals surface area contributed by atoms with Crippen LogP contribution in [-0.4, -0.2) is 31.6 Å². The van der Waals surface area contributed by atoms with Gasteiger partial charge in [-0.25, -0.2) is 0 Å². The molecule has 1 aliphatic heterocycles. The average molecular weight is 253 g/mol. The van der Waals surface area contributed by atoms with Crippen molar-refractivity contribution in [1.29, 1.82) is 0 Å². The maximum atomic E-state index is 5.94. The first-order valence-corrected chi connectivity index (χ1v) is 6.70. The first kappa shape index (κ1) is 12.9. The van der Waals surface area contributed by atoms with E-state index in [1.807, 2.05) is 12.1 Å². The summed E-state index contributed by atoms with van der Waals surface area (Å²) in [5.74, 6) is 0. The van der Waals surface area contributed by atoms with E-state index in [9.17, 15) is 0 Å². The summed E-state index contributed by atoms with van der Waals surface area (Å²) in [5, 5.41) is 4.38. The van der Waals surface area contributed by atoms with Crippen LogP contribution in [0.3, 0.4) is 0 Å². The standard InChI is InChI=1S/C14H21ClN2/c1-17(2)14(10-13-4-3-9-16-13)11-5-7-12(15)8-6-11/h5-8,13-14,16H,3-4,9-10H2,1-2H3. The molecule has 2 atom stereocenters. The lowest BCUT2D eigenvalue weighted by molar-refractivity contribution is 0.263. The van der Waals surface area contributed by atoms with Gasteiger partial charge in [0.15, 0.2) is 0 Å². The van der Waals surface area contributed by atoms with Gasteiger partial charge in [0, 0.05) is 17.1 Å². The Morgan fingerprint density at radius 1 is 1.35 bits per heavy atom. The minimum Gasteiger partial charge on any atom is -0.314 e. The van der Waals surface area contributed by atoms with Crippen LogP contribution in [0, 0.1) is 0 Å². The molecule has 1 N–H and O–H groups in total. The van der Waals surface area contributed by atoms with Crippen LogP contribution >= 0.6 is 11.6 Å². The maximum absolute atomic E-state index is 5.94. The number of nitrogens with zero attached hydrogens (tertiary/aromatic N) is 1. The lowest BCUT2D eigenvalue weighted by Gasteiger charge is -2.27. The SMILES string of the molecule is CN(C)C(CC1CCCN1)c1ccc(Cl)cc1. The van der Waals surface area contributed by atoms with Gasteiger partial charge in [0.05, 0.1) is 0 Å². The number of nitrogens with one attached hydrogen (secondary N) is 1. The zero-order valence-corrected chi connectivity index (χ0v) is 11.4. The van der Waals surface area contributed by atoms with Crippen molar-refractivity contribution in [2.75, 3.05) is 20.6 Å². The van der Waals surface area contributed by atoms with Gasteiger partial charge < -0.3 is 10.2 Å². The Morgan fingerprint density at radius 3 is 2.59 bits per heavy atom. The van der Waals surface area contributed by atoms with Crippen LogP contribution in [0.1, 0.15) is 30.9 Å². The maximum Gasteiger partial charge on any atom is 0.0406 e. The Hall–Kier alpha value is -0.570. The van der Waals surface area contributed by atoms with Crippen molar-refractivity contribution in [1.82, 2.24) is 10.2 Å². The third-order valence-electron chi connectivity index (χ3n) is 3.55.